The molecule has 1 unspecified atom stereocenters. The van der Waals surface area contributed by atoms with E-state index in [4.69, 9.17) is 23.2 Å². The summed E-state index contributed by atoms with van der Waals surface area (Å²) in [5.74, 6) is -0.852. The number of halogens is 2. The van der Waals surface area contributed by atoms with Crippen molar-refractivity contribution >= 4 is 58.2 Å². The molecule has 1 atom stereocenters. The minimum atomic E-state index is -0.636. The third kappa shape index (κ3) is 5.23. The van der Waals surface area contributed by atoms with E-state index in [0.29, 0.717) is 27.8 Å². The van der Waals surface area contributed by atoms with Gasteiger partial charge in [-0.05, 0) is 67.3 Å². The fraction of sp³-hybridized carbons (Fsp3) is 0.148. The van der Waals surface area contributed by atoms with Crippen molar-refractivity contribution in [1.82, 2.24) is 0 Å². The van der Waals surface area contributed by atoms with Gasteiger partial charge >= 0.3 is 0 Å². The third-order valence-corrected chi connectivity index (χ3v) is 7.70. The van der Waals surface area contributed by atoms with Gasteiger partial charge < -0.3 is 5.32 Å². The Bertz CT molecular complexity index is 1400. The number of hydrogen-bond acceptors (Lipinski definition) is 4. The summed E-state index contributed by atoms with van der Waals surface area (Å²) in [7, 11) is 0. The van der Waals surface area contributed by atoms with Crippen molar-refractivity contribution in [2.24, 2.45) is 0 Å². The lowest BCUT2D eigenvalue weighted by atomic mass is 10.1. The highest BCUT2D eigenvalue weighted by molar-refractivity contribution is 8.05. The second-order valence-corrected chi connectivity index (χ2v) is 10.1. The first-order valence-corrected chi connectivity index (χ1v) is 12.4. The number of carbonyl (C=O) groups is 2. The Kier molecular flexibility index (Phi) is 7.51. The van der Waals surface area contributed by atoms with Gasteiger partial charge in [0.15, 0.2) is 0 Å². The highest BCUT2D eigenvalue weighted by Crippen LogP contribution is 2.43. The molecule has 5 nitrogen and oxygen atoms in total. The molecule has 0 saturated carbocycles. The van der Waals surface area contributed by atoms with Crippen molar-refractivity contribution in [1.29, 1.82) is 5.26 Å². The number of hydrogen-bond donors (Lipinski definition) is 1. The van der Waals surface area contributed by atoms with Gasteiger partial charge in [0.1, 0.15) is 16.7 Å². The van der Waals surface area contributed by atoms with Gasteiger partial charge in [0, 0.05) is 10.7 Å². The van der Waals surface area contributed by atoms with Gasteiger partial charge in [0.05, 0.1) is 16.0 Å². The van der Waals surface area contributed by atoms with E-state index in [2.05, 4.69) is 5.32 Å². The van der Waals surface area contributed by atoms with Crippen molar-refractivity contribution in [3.8, 4) is 6.07 Å². The van der Waals surface area contributed by atoms with Crippen LogP contribution in [0.25, 0.3) is 0 Å². The van der Waals surface area contributed by atoms with Gasteiger partial charge in [0.25, 0.3) is 5.91 Å². The lowest BCUT2D eigenvalue weighted by Gasteiger charge is -2.20. The quantitative estimate of drug-likeness (QED) is 0.300. The van der Waals surface area contributed by atoms with Crippen molar-refractivity contribution in [2.75, 3.05) is 10.2 Å². The van der Waals surface area contributed by atoms with Crippen LogP contribution in [-0.4, -0.2) is 17.1 Å². The highest BCUT2D eigenvalue weighted by Gasteiger charge is 2.41. The monoisotopic (exact) mass is 521 g/mol. The molecule has 176 valence electrons. The Morgan fingerprint density at radius 3 is 2.37 bits per heavy atom. The molecule has 0 aliphatic carbocycles. The molecule has 1 saturated heterocycles. The first-order valence-electron chi connectivity index (χ1n) is 10.8. The second-order valence-electron chi connectivity index (χ2n) is 8.07. The maximum Gasteiger partial charge on any atom is 0.269 e. The summed E-state index contributed by atoms with van der Waals surface area (Å²) in [5.41, 5.74) is 3.70. The summed E-state index contributed by atoms with van der Waals surface area (Å²) in [6.07, 6.45) is 0.360. The van der Waals surface area contributed by atoms with Gasteiger partial charge in [0.2, 0.25) is 5.91 Å². The maximum absolute atomic E-state index is 13.6. The van der Waals surface area contributed by atoms with E-state index in [1.807, 2.05) is 56.3 Å². The average molecular weight is 522 g/mol. The van der Waals surface area contributed by atoms with Crippen molar-refractivity contribution in [2.45, 2.75) is 25.5 Å². The van der Waals surface area contributed by atoms with Gasteiger partial charge in [-0.15, -0.1) is 0 Å². The number of amides is 2. The van der Waals surface area contributed by atoms with Crippen LogP contribution in [0.1, 0.15) is 16.7 Å². The van der Waals surface area contributed by atoms with E-state index in [9.17, 15) is 14.9 Å². The number of anilines is 2. The molecule has 8 heteroatoms. The summed E-state index contributed by atoms with van der Waals surface area (Å²) in [6, 6.07) is 21.7. The van der Waals surface area contributed by atoms with E-state index in [-0.39, 0.29) is 16.5 Å². The number of thioether (sulfide) groups is 1. The molecule has 35 heavy (non-hydrogen) atoms. The van der Waals surface area contributed by atoms with Crippen LogP contribution < -0.4 is 10.2 Å². The Labute approximate surface area is 218 Å². The van der Waals surface area contributed by atoms with Crippen LogP contribution in [0.5, 0.6) is 0 Å². The molecular weight excluding hydrogens is 501 g/mol. The number of nitriles is 1. The second kappa shape index (κ2) is 10.6. The summed E-state index contributed by atoms with van der Waals surface area (Å²) in [6.45, 7) is 3.93. The standard InChI is InChI=1S/C27H21Cl2N3O2S/c1-16-11-12-19(13-17(16)2)32-26(34)24(14-18-7-3-4-8-21(18)28)35-27(32)20(15-30)25(33)31-23-10-6-5-9-22(23)29/h3-13,24H,14H2,1-2H3,(H,31,33)/b27-20-. The zero-order valence-corrected chi connectivity index (χ0v) is 21.3. The largest absolute Gasteiger partial charge is 0.320 e. The van der Waals surface area contributed by atoms with E-state index in [0.717, 1.165) is 16.7 Å². The van der Waals surface area contributed by atoms with Crippen LogP contribution >= 0.6 is 35.0 Å². The smallest absolute Gasteiger partial charge is 0.269 e. The first kappa shape index (κ1) is 24.9. The Hall–Kier alpha value is -3.24. The van der Waals surface area contributed by atoms with Crippen molar-refractivity contribution < 1.29 is 9.59 Å². The minimum Gasteiger partial charge on any atom is -0.320 e. The number of rotatable bonds is 5. The average Bonchev–Trinajstić information content (AvgIpc) is 3.14. The zero-order chi connectivity index (χ0) is 25.1. The molecule has 0 radical (unpaired) electrons. The number of nitrogens with zero attached hydrogens (tertiary/aromatic N) is 2. The summed E-state index contributed by atoms with van der Waals surface area (Å²) >= 11 is 13.7. The van der Waals surface area contributed by atoms with Crippen molar-refractivity contribution in [3.63, 3.8) is 0 Å². The van der Waals surface area contributed by atoms with E-state index < -0.39 is 11.2 Å². The van der Waals surface area contributed by atoms with Crippen LogP contribution in [0.15, 0.2) is 77.3 Å². The third-order valence-electron chi connectivity index (χ3n) is 5.74. The zero-order valence-electron chi connectivity index (χ0n) is 19.0. The van der Waals surface area contributed by atoms with Crippen LogP contribution in [0, 0.1) is 25.2 Å². The normalized spacial score (nSPS) is 16.7. The Morgan fingerprint density at radius 2 is 1.71 bits per heavy atom. The molecule has 2 amide bonds. The number of nitrogens with one attached hydrogen (secondary N) is 1. The number of para-hydroxylation sites is 1. The molecule has 0 spiro atoms. The van der Waals surface area contributed by atoms with E-state index in [1.54, 1.807) is 30.3 Å². The molecule has 1 aliphatic rings. The first-order chi connectivity index (χ1) is 16.8. The molecule has 1 N–H and O–H groups in total. The van der Waals surface area contributed by atoms with Gasteiger partial charge in [-0.25, -0.2) is 0 Å². The summed E-state index contributed by atoms with van der Waals surface area (Å²) in [5, 5.41) is 13.3. The molecule has 1 aliphatic heterocycles. The molecule has 1 heterocycles. The fourth-order valence-electron chi connectivity index (χ4n) is 3.70. The van der Waals surface area contributed by atoms with Crippen LogP contribution in [0.4, 0.5) is 11.4 Å². The molecular formula is C27H21Cl2N3O2S. The summed E-state index contributed by atoms with van der Waals surface area (Å²) in [4.78, 5) is 28.3. The SMILES string of the molecule is Cc1ccc(N2C(=O)C(Cc3ccccc3Cl)S/C2=C(/C#N)C(=O)Nc2ccccc2Cl)cc1C. The number of carbonyl (C=O) groups excluding carboxylic acids is 2. The van der Waals surface area contributed by atoms with Crippen molar-refractivity contribution in [3.05, 3.63) is 104 Å². The van der Waals surface area contributed by atoms with Crippen LogP contribution in [0.3, 0.4) is 0 Å². The Balaban J connectivity index is 1.77. The highest BCUT2D eigenvalue weighted by atomic mass is 35.5. The molecule has 1 fully saturated rings. The topological polar surface area (TPSA) is 73.2 Å². The van der Waals surface area contributed by atoms with Gasteiger partial charge in [-0.2, -0.15) is 5.26 Å². The lowest BCUT2D eigenvalue weighted by molar-refractivity contribution is -0.117. The summed E-state index contributed by atoms with van der Waals surface area (Å²) < 4.78 is 0. The number of aryl methyl sites for hydroxylation is 2. The predicted molar refractivity (Wildman–Crippen MR) is 143 cm³/mol. The Morgan fingerprint density at radius 1 is 1.03 bits per heavy atom. The van der Waals surface area contributed by atoms with Crippen LogP contribution in [0.2, 0.25) is 10.0 Å². The number of benzene rings is 3. The maximum atomic E-state index is 13.6. The van der Waals surface area contributed by atoms with E-state index in [1.165, 1.54) is 16.7 Å². The molecule has 0 bridgehead atoms. The van der Waals surface area contributed by atoms with Gasteiger partial charge in [-0.1, -0.05) is 71.4 Å². The molecule has 0 aromatic heterocycles. The van der Waals surface area contributed by atoms with E-state index >= 15 is 0 Å². The molecule has 3 aromatic carbocycles. The predicted octanol–water partition coefficient (Wildman–Crippen LogP) is 6.68. The fourth-order valence-corrected chi connectivity index (χ4v) is 5.39. The van der Waals surface area contributed by atoms with Gasteiger partial charge in [-0.3, -0.25) is 14.5 Å². The minimum absolute atomic E-state index is 0.164. The lowest BCUT2D eigenvalue weighted by Crippen LogP contribution is -2.31. The molecule has 4 rings (SSSR count). The molecule has 3 aromatic rings. The van der Waals surface area contributed by atoms with Crippen LogP contribution in [-0.2, 0) is 16.0 Å².